The van der Waals surface area contributed by atoms with Crippen molar-refractivity contribution >= 4 is 5.96 Å². The summed E-state index contributed by atoms with van der Waals surface area (Å²) in [5, 5.41) is 6.95. The molecular formula is C24H34N4O. The number of guanidine groups is 1. The molecule has 29 heavy (non-hydrogen) atoms. The number of aliphatic imine (C=N–C) groups is 1. The van der Waals surface area contributed by atoms with Gasteiger partial charge in [0, 0.05) is 33.2 Å². The Kier molecular flexibility index (Phi) is 7.67. The van der Waals surface area contributed by atoms with Gasteiger partial charge in [-0.25, -0.2) is 0 Å². The number of benzene rings is 2. The fourth-order valence-corrected chi connectivity index (χ4v) is 3.94. The van der Waals surface area contributed by atoms with Gasteiger partial charge in [-0.3, -0.25) is 9.89 Å². The molecule has 0 aliphatic carbocycles. The molecule has 0 saturated carbocycles. The number of hydrogen-bond donors (Lipinski definition) is 2. The molecule has 0 spiro atoms. The Morgan fingerprint density at radius 3 is 2.31 bits per heavy atom. The number of rotatable bonds is 6. The van der Waals surface area contributed by atoms with Crippen LogP contribution in [-0.2, 0) is 17.8 Å². The number of ether oxygens (including phenoxy) is 1. The molecule has 5 nitrogen and oxygen atoms in total. The Labute approximate surface area is 175 Å². The first-order valence-electron chi connectivity index (χ1n) is 10.5. The summed E-state index contributed by atoms with van der Waals surface area (Å²) in [6.45, 7) is 10.1. The van der Waals surface area contributed by atoms with Crippen molar-refractivity contribution in [2.75, 3.05) is 20.1 Å². The summed E-state index contributed by atoms with van der Waals surface area (Å²) < 4.78 is 5.87. The van der Waals surface area contributed by atoms with Gasteiger partial charge in [0.05, 0.1) is 18.2 Å². The van der Waals surface area contributed by atoms with Crippen LogP contribution in [0.15, 0.2) is 59.6 Å². The van der Waals surface area contributed by atoms with E-state index >= 15 is 0 Å². The third-order valence-corrected chi connectivity index (χ3v) is 5.33. The van der Waals surface area contributed by atoms with Crippen LogP contribution >= 0.6 is 0 Å². The Hall–Kier alpha value is -2.37. The van der Waals surface area contributed by atoms with Crippen molar-refractivity contribution in [3.63, 3.8) is 0 Å². The second-order valence-corrected chi connectivity index (χ2v) is 7.92. The molecule has 1 fully saturated rings. The molecule has 156 valence electrons. The smallest absolute Gasteiger partial charge is 0.191 e. The standard InChI is InChI=1S/C24H34N4O/c1-18-15-28(16-19(2)29-18)17-23-13-9-8-12-22(23)14-26-24(25-4)27-20(3)21-10-6-5-7-11-21/h5-13,18-20H,14-17H2,1-4H3,(H2,25,26,27). The normalized spacial score (nSPS) is 21.6. The van der Waals surface area contributed by atoms with Gasteiger partial charge in [-0.2, -0.15) is 0 Å². The second-order valence-electron chi connectivity index (χ2n) is 7.92. The molecule has 1 saturated heterocycles. The van der Waals surface area contributed by atoms with Crippen LogP contribution in [0.4, 0.5) is 0 Å². The van der Waals surface area contributed by atoms with Crippen molar-refractivity contribution < 1.29 is 4.74 Å². The molecule has 2 aromatic carbocycles. The number of morpholine rings is 1. The molecule has 5 heteroatoms. The molecule has 1 heterocycles. The minimum atomic E-state index is 0.189. The zero-order chi connectivity index (χ0) is 20.6. The first-order valence-corrected chi connectivity index (χ1v) is 10.5. The van der Waals surface area contributed by atoms with Gasteiger partial charge in [-0.05, 0) is 37.5 Å². The van der Waals surface area contributed by atoms with Gasteiger partial charge in [0.25, 0.3) is 0 Å². The molecular weight excluding hydrogens is 360 g/mol. The van der Waals surface area contributed by atoms with Crippen LogP contribution in [-0.4, -0.2) is 43.2 Å². The molecule has 3 unspecified atom stereocenters. The largest absolute Gasteiger partial charge is 0.373 e. The fourth-order valence-electron chi connectivity index (χ4n) is 3.94. The van der Waals surface area contributed by atoms with Gasteiger partial charge < -0.3 is 15.4 Å². The molecule has 0 bridgehead atoms. The summed E-state index contributed by atoms with van der Waals surface area (Å²) >= 11 is 0. The Morgan fingerprint density at radius 1 is 1.03 bits per heavy atom. The maximum atomic E-state index is 5.87. The molecule has 2 N–H and O–H groups in total. The summed E-state index contributed by atoms with van der Waals surface area (Å²) in [7, 11) is 1.81. The third-order valence-electron chi connectivity index (χ3n) is 5.33. The van der Waals surface area contributed by atoms with E-state index in [1.165, 1.54) is 16.7 Å². The zero-order valence-electron chi connectivity index (χ0n) is 18.1. The average molecular weight is 395 g/mol. The van der Waals surface area contributed by atoms with Crippen molar-refractivity contribution in [2.24, 2.45) is 4.99 Å². The van der Waals surface area contributed by atoms with Crippen LogP contribution in [0.2, 0.25) is 0 Å². The van der Waals surface area contributed by atoms with E-state index in [0.717, 1.165) is 32.1 Å². The maximum absolute atomic E-state index is 5.87. The highest BCUT2D eigenvalue weighted by Crippen LogP contribution is 2.17. The lowest BCUT2D eigenvalue weighted by molar-refractivity contribution is -0.0705. The van der Waals surface area contributed by atoms with Crippen molar-refractivity contribution in [1.82, 2.24) is 15.5 Å². The first kappa shape index (κ1) is 21.3. The number of nitrogens with one attached hydrogen (secondary N) is 2. The summed E-state index contributed by atoms with van der Waals surface area (Å²) in [5.41, 5.74) is 3.90. The molecule has 3 atom stereocenters. The van der Waals surface area contributed by atoms with Gasteiger partial charge in [-0.1, -0.05) is 54.6 Å². The highest BCUT2D eigenvalue weighted by molar-refractivity contribution is 5.80. The minimum absolute atomic E-state index is 0.189. The van der Waals surface area contributed by atoms with Crippen molar-refractivity contribution in [3.8, 4) is 0 Å². The van der Waals surface area contributed by atoms with Gasteiger partial charge >= 0.3 is 0 Å². The van der Waals surface area contributed by atoms with Crippen LogP contribution < -0.4 is 10.6 Å². The van der Waals surface area contributed by atoms with Crippen molar-refractivity contribution in [2.45, 2.75) is 52.1 Å². The van der Waals surface area contributed by atoms with E-state index in [0.29, 0.717) is 0 Å². The van der Waals surface area contributed by atoms with Gasteiger partial charge in [0.1, 0.15) is 0 Å². The van der Waals surface area contributed by atoms with Gasteiger partial charge in [0.2, 0.25) is 0 Å². The van der Waals surface area contributed by atoms with Crippen molar-refractivity contribution in [3.05, 3.63) is 71.3 Å². The highest BCUT2D eigenvalue weighted by atomic mass is 16.5. The van der Waals surface area contributed by atoms with Crippen LogP contribution in [0.25, 0.3) is 0 Å². The molecule has 0 radical (unpaired) electrons. The monoisotopic (exact) mass is 394 g/mol. The van der Waals surface area contributed by atoms with E-state index in [4.69, 9.17) is 4.74 Å². The van der Waals surface area contributed by atoms with E-state index in [1.807, 2.05) is 13.1 Å². The lowest BCUT2D eigenvalue weighted by Gasteiger charge is -2.35. The molecule has 0 amide bonds. The fraction of sp³-hybridized carbons (Fsp3) is 0.458. The first-order chi connectivity index (χ1) is 14.0. The molecule has 3 rings (SSSR count). The van der Waals surface area contributed by atoms with Crippen molar-refractivity contribution in [1.29, 1.82) is 0 Å². The Morgan fingerprint density at radius 2 is 1.66 bits per heavy atom. The summed E-state index contributed by atoms with van der Waals surface area (Å²) in [4.78, 5) is 6.89. The van der Waals surface area contributed by atoms with Gasteiger partial charge in [-0.15, -0.1) is 0 Å². The zero-order valence-corrected chi connectivity index (χ0v) is 18.1. The lowest BCUT2D eigenvalue weighted by atomic mass is 10.1. The predicted octanol–water partition coefficient (Wildman–Crippen LogP) is 3.72. The van der Waals surface area contributed by atoms with Crippen LogP contribution in [0.5, 0.6) is 0 Å². The van der Waals surface area contributed by atoms with Gasteiger partial charge in [0.15, 0.2) is 5.96 Å². The summed E-state index contributed by atoms with van der Waals surface area (Å²) in [6, 6.07) is 19.3. The number of nitrogens with zero attached hydrogens (tertiary/aromatic N) is 2. The SMILES string of the molecule is CN=C(NCc1ccccc1CN1CC(C)OC(C)C1)NC(C)c1ccccc1. The number of hydrogen-bond acceptors (Lipinski definition) is 3. The van der Waals surface area contributed by atoms with Crippen LogP contribution in [0.3, 0.4) is 0 Å². The average Bonchev–Trinajstić information content (AvgIpc) is 2.72. The van der Waals surface area contributed by atoms with E-state index < -0.39 is 0 Å². The van der Waals surface area contributed by atoms with Crippen LogP contribution in [0, 0.1) is 0 Å². The minimum Gasteiger partial charge on any atom is -0.373 e. The lowest BCUT2D eigenvalue weighted by Crippen LogP contribution is -2.45. The molecule has 1 aliphatic rings. The topological polar surface area (TPSA) is 48.9 Å². The molecule has 1 aliphatic heterocycles. The highest BCUT2D eigenvalue weighted by Gasteiger charge is 2.22. The molecule has 2 aromatic rings. The van der Waals surface area contributed by atoms with E-state index in [9.17, 15) is 0 Å². The Bertz CT molecular complexity index is 782. The van der Waals surface area contributed by atoms with Crippen LogP contribution in [0.1, 0.15) is 43.5 Å². The third kappa shape index (κ3) is 6.31. The summed E-state index contributed by atoms with van der Waals surface area (Å²) in [5.74, 6) is 0.810. The predicted molar refractivity (Wildman–Crippen MR) is 120 cm³/mol. The maximum Gasteiger partial charge on any atom is 0.191 e. The molecule has 0 aromatic heterocycles. The van der Waals surface area contributed by atoms with E-state index in [-0.39, 0.29) is 18.2 Å². The summed E-state index contributed by atoms with van der Waals surface area (Å²) in [6.07, 6.45) is 0.568. The van der Waals surface area contributed by atoms with E-state index in [1.54, 1.807) is 0 Å². The second kappa shape index (κ2) is 10.4. The Balaban J connectivity index is 1.60. The van der Waals surface area contributed by atoms with E-state index in [2.05, 4.69) is 89.8 Å². The quantitative estimate of drug-likeness (QED) is 0.579.